The van der Waals surface area contributed by atoms with Crippen molar-refractivity contribution in [2.45, 2.75) is 19.0 Å². The van der Waals surface area contributed by atoms with Crippen LogP contribution in [0.5, 0.6) is 0 Å². The third-order valence-corrected chi connectivity index (χ3v) is 7.11. The molecule has 0 bridgehead atoms. The largest absolute Gasteiger partial charge is 0.459 e. The Labute approximate surface area is 235 Å². The van der Waals surface area contributed by atoms with E-state index < -0.39 is 0 Å². The molecule has 1 saturated heterocycles. The van der Waals surface area contributed by atoms with Gasteiger partial charge in [-0.2, -0.15) is 0 Å². The quantitative estimate of drug-likeness (QED) is 0.240. The van der Waals surface area contributed by atoms with Crippen LogP contribution in [0.25, 0.3) is 11.3 Å². The van der Waals surface area contributed by atoms with Gasteiger partial charge in [-0.1, -0.05) is 29.3 Å². The number of carbonyl (C=O) groups is 1. The van der Waals surface area contributed by atoms with E-state index in [-0.39, 0.29) is 24.6 Å². The molecule has 0 unspecified atom stereocenters. The van der Waals surface area contributed by atoms with E-state index in [0.717, 1.165) is 22.5 Å². The lowest BCUT2D eigenvalue weighted by atomic mass is 10.0. The SMILES string of the molecule is COCC(=O)Nc1ccc(N2C(=S)N[C@@H](c3ccccn3)[C@H]2c2ccc(-c3ccc(Cl)cc3Cl)o2)cc1C. The molecule has 0 aliphatic carbocycles. The minimum absolute atomic E-state index is 0.0202. The van der Waals surface area contributed by atoms with Crippen molar-refractivity contribution in [2.24, 2.45) is 0 Å². The van der Waals surface area contributed by atoms with E-state index in [1.807, 2.05) is 66.4 Å². The fourth-order valence-corrected chi connectivity index (χ4v) is 5.37. The minimum atomic E-state index is -0.342. The molecule has 2 aromatic heterocycles. The molecule has 7 nitrogen and oxygen atoms in total. The number of benzene rings is 2. The summed E-state index contributed by atoms with van der Waals surface area (Å²) in [7, 11) is 1.48. The molecule has 38 heavy (non-hydrogen) atoms. The van der Waals surface area contributed by atoms with Gasteiger partial charge in [0.2, 0.25) is 5.91 Å². The number of furan rings is 1. The van der Waals surface area contributed by atoms with Crippen LogP contribution in [0.1, 0.15) is 29.1 Å². The van der Waals surface area contributed by atoms with Gasteiger partial charge in [-0.3, -0.25) is 9.78 Å². The Hall–Kier alpha value is -3.43. The van der Waals surface area contributed by atoms with Gasteiger partial charge in [0.05, 0.1) is 16.8 Å². The second-order valence-corrected chi connectivity index (χ2v) is 10.0. The zero-order valence-electron chi connectivity index (χ0n) is 20.6. The van der Waals surface area contributed by atoms with E-state index in [9.17, 15) is 4.79 Å². The van der Waals surface area contributed by atoms with E-state index in [4.69, 9.17) is 44.6 Å². The number of ether oxygens (including phenoxy) is 1. The summed E-state index contributed by atoms with van der Waals surface area (Å²) in [5.74, 6) is 1.08. The number of rotatable bonds is 7. The second kappa shape index (κ2) is 11.1. The van der Waals surface area contributed by atoms with E-state index >= 15 is 0 Å². The van der Waals surface area contributed by atoms with Crippen LogP contribution in [0.4, 0.5) is 11.4 Å². The number of anilines is 2. The molecule has 0 saturated carbocycles. The van der Waals surface area contributed by atoms with Gasteiger partial charge in [0, 0.05) is 35.3 Å². The Morgan fingerprint density at radius 1 is 1.16 bits per heavy atom. The summed E-state index contributed by atoms with van der Waals surface area (Å²) in [6.07, 6.45) is 1.75. The van der Waals surface area contributed by atoms with Crippen LogP contribution in [0.15, 0.2) is 77.3 Å². The van der Waals surface area contributed by atoms with Crippen LogP contribution in [0.3, 0.4) is 0 Å². The summed E-state index contributed by atoms with van der Waals surface area (Å²) in [6, 6.07) is 20.0. The van der Waals surface area contributed by atoms with Crippen LogP contribution in [-0.4, -0.2) is 29.7 Å². The predicted octanol–water partition coefficient (Wildman–Crippen LogP) is 6.72. The maximum atomic E-state index is 12.0. The van der Waals surface area contributed by atoms with Crippen molar-refractivity contribution in [2.75, 3.05) is 23.9 Å². The van der Waals surface area contributed by atoms with Crippen LogP contribution in [0.2, 0.25) is 10.0 Å². The van der Waals surface area contributed by atoms with Crippen molar-refractivity contribution in [1.29, 1.82) is 0 Å². The van der Waals surface area contributed by atoms with Crippen LogP contribution in [0, 0.1) is 6.92 Å². The zero-order valence-corrected chi connectivity index (χ0v) is 22.9. The number of methoxy groups -OCH3 is 1. The van der Waals surface area contributed by atoms with Crippen LogP contribution < -0.4 is 15.5 Å². The fourth-order valence-electron chi connectivity index (χ4n) is 4.52. The first-order valence-electron chi connectivity index (χ1n) is 11.8. The lowest BCUT2D eigenvalue weighted by Crippen LogP contribution is -2.29. The first-order valence-corrected chi connectivity index (χ1v) is 13.0. The van der Waals surface area contributed by atoms with E-state index in [2.05, 4.69) is 15.6 Å². The van der Waals surface area contributed by atoms with Crippen molar-refractivity contribution in [3.63, 3.8) is 0 Å². The number of nitrogens with one attached hydrogen (secondary N) is 2. The van der Waals surface area contributed by atoms with Gasteiger partial charge in [0.1, 0.15) is 24.2 Å². The summed E-state index contributed by atoms with van der Waals surface area (Å²) in [6.45, 7) is 1.91. The molecule has 4 aromatic rings. The third kappa shape index (κ3) is 5.26. The Kier molecular flexibility index (Phi) is 7.67. The van der Waals surface area contributed by atoms with Crippen molar-refractivity contribution in [3.8, 4) is 11.3 Å². The Balaban J connectivity index is 1.55. The molecular weight excluding hydrogens is 543 g/mol. The highest BCUT2D eigenvalue weighted by atomic mass is 35.5. The molecule has 1 amide bonds. The van der Waals surface area contributed by atoms with Gasteiger partial charge in [-0.05, 0) is 85.4 Å². The van der Waals surface area contributed by atoms with Crippen molar-refractivity contribution in [3.05, 3.63) is 100.0 Å². The Morgan fingerprint density at radius 2 is 2.00 bits per heavy atom. The zero-order chi connectivity index (χ0) is 26.8. The van der Waals surface area contributed by atoms with E-state index in [1.165, 1.54) is 7.11 Å². The molecule has 0 radical (unpaired) electrons. The topological polar surface area (TPSA) is 79.6 Å². The summed E-state index contributed by atoms with van der Waals surface area (Å²) in [5.41, 5.74) is 3.98. The average Bonchev–Trinajstić information content (AvgIpc) is 3.50. The smallest absolute Gasteiger partial charge is 0.250 e. The molecule has 1 aliphatic rings. The molecule has 5 rings (SSSR count). The number of carbonyl (C=O) groups excluding carboxylic acids is 1. The first-order chi connectivity index (χ1) is 18.4. The molecular formula is C28H24Cl2N4O3S. The summed E-state index contributed by atoms with van der Waals surface area (Å²) < 4.78 is 11.3. The van der Waals surface area contributed by atoms with Gasteiger partial charge < -0.3 is 24.7 Å². The monoisotopic (exact) mass is 566 g/mol. The number of aromatic nitrogens is 1. The second-order valence-electron chi connectivity index (χ2n) is 8.80. The molecule has 194 valence electrons. The number of hydrogen-bond donors (Lipinski definition) is 2. The highest BCUT2D eigenvalue weighted by Gasteiger charge is 2.42. The maximum absolute atomic E-state index is 12.0. The van der Waals surface area contributed by atoms with Gasteiger partial charge in [0.15, 0.2) is 5.11 Å². The first kappa shape index (κ1) is 26.2. The highest BCUT2D eigenvalue weighted by molar-refractivity contribution is 7.80. The van der Waals surface area contributed by atoms with Gasteiger partial charge in [0.25, 0.3) is 0 Å². The molecule has 2 atom stereocenters. The van der Waals surface area contributed by atoms with Crippen molar-refractivity contribution >= 4 is 57.8 Å². The van der Waals surface area contributed by atoms with Crippen LogP contribution in [-0.2, 0) is 9.53 Å². The number of halogens is 2. The fraction of sp³-hybridized carbons (Fsp3) is 0.179. The molecule has 10 heteroatoms. The molecule has 1 aliphatic heterocycles. The number of pyridine rings is 1. The summed E-state index contributed by atoms with van der Waals surface area (Å²) in [4.78, 5) is 18.6. The Morgan fingerprint density at radius 3 is 2.71 bits per heavy atom. The number of aryl methyl sites for hydroxylation is 1. The normalized spacial score (nSPS) is 16.9. The minimum Gasteiger partial charge on any atom is -0.459 e. The Bertz CT molecular complexity index is 1490. The van der Waals surface area contributed by atoms with Crippen molar-refractivity contribution in [1.82, 2.24) is 10.3 Å². The lowest BCUT2D eigenvalue weighted by Gasteiger charge is -2.27. The van der Waals surface area contributed by atoms with Crippen LogP contribution >= 0.6 is 35.4 Å². The molecule has 2 N–H and O–H groups in total. The third-order valence-electron chi connectivity index (χ3n) is 6.25. The number of thiocarbonyl (C=S) groups is 1. The molecule has 3 heterocycles. The average molecular weight is 567 g/mol. The van der Waals surface area contributed by atoms with E-state index in [0.29, 0.717) is 32.4 Å². The molecule has 1 fully saturated rings. The molecule has 2 aromatic carbocycles. The maximum Gasteiger partial charge on any atom is 0.250 e. The van der Waals surface area contributed by atoms with E-state index in [1.54, 1.807) is 18.3 Å². The number of amides is 1. The summed E-state index contributed by atoms with van der Waals surface area (Å²) in [5, 5.41) is 7.87. The standard InChI is InChI=1S/C28H24Cl2N4O3S/c1-16-13-18(7-9-21(16)32-25(35)15-36-2)34-27(26(33-28(34)38)22-5-3-4-12-31-22)24-11-10-23(37-24)19-8-6-17(29)14-20(19)30/h3-14,26-27H,15H2,1-2H3,(H,32,35)(H,33,38)/t26-,27+/m0/s1. The summed E-state index contributed by atoms with van der Waals surface area (Å²) >= 11 is 18.4. The molecule has 0 spiro atoms. The lowest BCUT2D eigenvalue weighted by molar-refractivity contribution is -0.119. The predicted molar refractivity (Wildman–Crippen MR) is 154 cm³/mol. The van der Waals surface area contributed by atoms with Gasteiger partial charge >= 0.3 is 0 Å². The highest BCUT2D eigenvalue weighted by Crippen LogP contribution is 2.44. The number of hydrogen-bond acceptors (Lipinski definition) is 5. The number of nitrogens with zero attached hydrogens (tertiary/aromatic N) is 2. The van der Waals surface area contributed by atoms with Gasteiger partial charge in [-0.15, -0.1) is 0 Å². The van der Waals surface area contributed by atoms with Crippen molar-refractivity contribution < 1.29 is 13.9 Å². The van der Waals surface area contributed by atoms with Gasteiger partial charge in [-0.25, -0.2) is 0 Å².